The molecule has 3 aromatic rings. The maximum absolute atomic E-state index is 12.7. The van der Waals surface area contributed by atoms with Crippen LogP contribution in [0, 0.1) is 12.8 Å². The third-order valence-corrected chi connectivity index (χ3v) is 5.67. The van der Waals surface area contributed by atoms with Gasteiger partial charge in [-0.2, -0.15) is 0 Å². The summed E-state index contributed by atoms with van der Waals surface area (Å²) in [6.07, 6.45) is 4.77. The topological polar surface area (TPSA) is 83.6 Å². The summed E-state index contributed by atoms with van der Waals surface area (Å²) in [5, 5.41) is 5.91. The van der Waals surface area contributed by atoms with Crippen molar-refractivity contribution in [1.29, 1.82) is 0 Å². The van der Waals surface area contributed by atoms with Gasteiger partial charge in [-0.05, 0) is 67.8 Å². The zero-order valence-corrected chi connectivity index (χ0v) is 18.7. The number of nitrogens with zero attached hydrogens (tertiary/aromatic N) is 2. The highest BCUT2D eigenvalue weighted by Crippen LogP contribution is 2.22. The molecule has 1 aromatic heterocycles. The van der Waals surface area contributed by atoms with Crippen LogP contribution in [0.5, 0.6) is 5.75 Å². The second-order valence-electron chi connectivity index (χ2n) is 8.22. The smallest absolute Gasteiger partial charge is 0.321 e. The van der Waals surface area contributed by atoms with Crippen molar-refractivity contribution in [3.8, 4) is 5.75 Å². The van der Waals surface area contributed by atoms with Crippen molar-refractivity contribution in [2.24, 2.45) is 5.92 Å². The van der Waals surface area contributed by atoms with E-state index in [1.807, 2.05) is 67.6 Å². The molecule has 1 fully saturated rings. The number of aromatic nitrogens is 1. The number of anilines is 2. The number of piperidine rings is 1. The van der Waals surface area contributed by atoms with Crippen molar-refractivity contribution in [1.82, 2.24) is 9.88 Å². The van der Waals surface area contributed by atoms with E-state index in [1.54, 1.807) is 17.3 Å². The molecule has 2 aromatic carbocycles. The number of carbonyl (C=O) groups excluding carboxylic acids is 2. The number of urea groups is 1. The van der Waals surface area contributed by atoms with Crippen LogP contribution in [0.1, 0.15) is 24.0 Å². The van der Waals surface area contributed by atoms with Gasteiger partial charge in [-0.15, -0.1) is 0 Å². The van der Waals surface area contributed by atoms with Crippen LogP contribution in [0.4, 0.5) is 16.2 Å². The van der Waals surface area contributed by atoms with E-state index in [0.29, 0.717) is 32.5 Å². The Morgan fingerprint density at radius 1 is 1.00 bits per heavy atom. The molecule has 3 amide bonds. The largest absolute Gasteiger partial charge is 0.489 e. The average molecular weight is 445 g/mol. The number of hydrogen-bond acceptors (Lipinski definition) is 4. The standard InChI is InChI=1S/C26H28N4O3/c1-19-4-2-6-23(16-19)29-26(32)30-14-11-21(12-15-30)25(31)28-22-7-9-24(10-8-22)33-18-20-5-3-13-27-17-20/h2-10,13,16-17,21H,11-12,14-15,18H2,1H3,(H,28,31)(H,29,32). The summed E-state index contributed by atoms with van der Waals surface area (Å²) in [7, 11) is 0. The van der Waals surface area contributed by atoms with Crippen LogP contribution in [-0.4, -0.2) is 34.9 Å². The molecule has 4 rings (SSSR count). The molecule has 2 heterocycles. The summed E-state index contributed by atoms with van der Waals surface area (Å²) in [5.41, 5.74) is 3.60. The molecule has 0 atom stereocenters. The molecule has 33 heavy (non-hydrogen) atoms. The minimum Gasteiger partial charge on any atom is -0.489 e. The van der Waals surface area contributed by atoms with E-state index >= 15 is 0 Å². The van der Waals surface area contributed by atoms with Crippen molar-refractivity contribution in [2.75, 3.05) is 23.7 Å². The molecule has 1 saturated heterocycles. The lowest BCUT2D eigenvalue weighted by Crippen LogP contribution is -2.43. The number of benzene rings is 2. The van der Waals surface area contributed by atoms with Gasteiger partial charge in [-0.3, -0.25) is 9.78 Å². The maximum atomic E-state index is 12.7. The van der Waals surface area contributed by atoms with Gasteiger partial charge >= 0.3 is 6.03 Å². The first-order chi connectivity index (χ1) is 16.1. The van der Waals surface area contributed by atoms with Crippen LogP contribution < -0.4 is 15.4 Å². The van der Waals surface area contributed by atoms with Crippen LogP contribution >= 0.6 is 0 Å². The fourth-order valence-corrected chi connectivity index (χ4v) is 3.80. The SMILES string of the molecule is Cc1cccc(NC(=O)N2CCC(C(=O)Nc3ccc(OCc4cccnc4)cc3)CC2)c1. The molecule has 2 N–H and O–H groups in total. The van der Waals surface area contributed by atoms with E-state index in [9.17, 15) is 9.59 Å². The third-order valence-electron chi connectivity index (χ3n) is 5.67. The lowest BCUT2D eigenvalue weighted by Gasteiger charge is -2.31. The molecule has 170 valence electrons. The maximum Gasteiger partial charge on any atom is 0.321 e. The van der Waals surface area contributed by atoms with Crippen LogP contribution in [-0.2, 0) is 11.4 Å². The first-order valence-corrected chi connectivity index (χ1v) is 11.1. The summed E-state index contributed by atoms with van der Waals surface area (Å²) >= 11 is 0. The van der Waals surface area contributed by atoms with Gasteiger partial charge in [0.05, 0.1) is 0 Å². The van der Waals surface area contributed by atoms with Gasteiger partial charge in [0.2, 0.25) is 5.91 Å². The summed E-state index contributed by atoms with van der Waals surface area (Å²) in [4.78, 5) is 31.1. The Bertz CT molecular complexity index is 1080. The Hall–Kier alpha value is -3.87. The molecule has 7 heteroatoms. The highest BCUT2D eigenvalue weighted by atomic mass is 16.5. The Labute approximate surface area is 193 Å². The lowest BCUT2D eigenvalue weighted by molar-refractivity contribution is -0.121. The fraction of sp³-hybridized carbons (Fsp3) is 0.269. The molecule has 0 unspecified atom stereocenters. The molecule has 1 aliphatic rings. The number of amides is 3. The molecule has 7 nitrogen and oxygen atoms in total. The van der Waals surface area contributed by atoms with Gasteiger partial charge in [0.1, 0.15) is 12.4 Å². The lowest BCUT2D eigenvalue weighted by atomic mass is 9.96. The predicted molar refractivity (Wildman–Crippen MR) is 128 cm³/mol. The molecular formula is C26H28N4O3. The number of hydrogen-bond donors (Lipinski definition) is 2. The molecule has 0 bridgehead atoms. The summed E-state index contributed by atoms with van der Waals surface area (Å²) in [5.74, 6) is 0.595. The number of ether oxygens (including phenoxy) is 1. The van der Waals surface area contributed by atoms with Gasteiger partial charge in [0.15, 0.2) is 0 Å². The normalized spacial score (nSPS) is 13.9. The Morgan fingerprint density at radius 2 is 1.79 bits per heavy atom. The monoisotopic (exact) mass is 444 g/mol. The minimum absolute atomic E-state index is 0.0160. The van der Waals surface area contributed by atoms with Crippen LogP contribution in [0.2, 0.25) is 0 Å². The highest BCUT2D eigenvalue weighted by Gasteiger charge is 2.27. The van der Waals surface area contributed by atoms with E-state index in [1.165, 1.54) is 0 Å². The van der Waals surface area contributed by atoms with Gasteiger partial charge in [0, 0.05) is 48.3 Å². The van der Waals surface area contributed by atoms with Crippen molar-refractivity contribution in [2.45, 2.75) is 26.4 Å². The zero-order valence-electron chi connectivity index (χ0n) is 18.7. The quantitative estimate of drug-likeness (QED) is 0.569. The first-order valence-electron chi connectivity index (χ1n) is 11.1. The van der Waals surface area contributed by atoms with Crippen molar-refractivity contribution in [3.05, 3.63) is 84.2 Å². The van der Waals surface area contributed by atoms with Crippen molar-refractivity contribution >= 4 is 23.3 Å². The minimum atomic E-state index is -0.124. The molecule has 0 spiro atoms. The summed E-state index contributed by atoms with van der Waals surface area (Å²) < 4.78 is 5.76. The number of carbonyl (C=O) groups is 2. The number of pyridine rings is 1. The molecule has 0 saturated carbocycles. The molecule has 0 radical (unpaired) electrons. The second-order valence-corrected chi connectivity index (χ2v) is 8.22. The first kappa shape index (κ1) is 22.3. The second kappa shape index (κ2) is 10.6. The van der Waals surface area contributed by atoms with E-state index in [-0.39, 0.29) is 17.9 Å². The number of rotatable bonds is 6. The van der Waals surface area contributed by atoms with E-state index in [2.05, 4.69) is 15.6 Å². The van der Waals surface area contributed by atoms with E-state index < -0.39 is 0 Å². The molecule has 0 aliphatic carbocycles. The Balaban J connectivity index is 1.22. The van der Waals surface area contributed by atoms with Crippen LogP contribution in [0.15, 0.2) is 73.1 Å². The zero-order chi connectivity index (χ0) is 23.0. The summed E-state index contributed by atoms with van der Waals surface area (Å²) in [6, 6.07) is 18.8. The highest BCUT2D eigenvalue weighted by molar-refractivity contribution is 5.93. The van der Waals surface area contributed by atoms with Gasteiger partial charge in [-0.25, -0.2) is 4.79 Å². The average Bonchev–Trinajstić information content (AvgIpc) is 2.84. The van der Waals surface area contributed by atoms with Gasteiger partial charge in [0.25, 0.3) is 0 Å². The molecular weight excluding hydrogens is 416 g/mol. The van der Waals surface area contributed by atoms with Crippen LogP contribution in [0.25, 0.3) is 0 Å². The van der Waals surface area contributed by atoms with E-state index in [4.69, 9.17) is 4.74 Å². The Morgan fingerprint density at radius 3 is 2.48 bits per heavy atom. The number of likely N-dealkylation sites (tertiary alicyclic amines) is 1. The van der Waals surface area contributed by atoms with Crippen molar-refractivity contribution in [3.63, 3.8) is 0 Å². The van der Waals surface area contributed by atoms with Crippen LogP contribution in [0.3, 0.4) is 0 Å². The third kappa shape index (κ3) is 6.32. The molecule has 1 aliphatic heterocycles. The summed E-state index contributed by atoms with van der Waals surface area (Å²) in [6.45, 7) is 3.53. The van der Waals surface area contributed by atoms with Gasteiger partial charge < -0.3 is 20.3 Å². The Kier molecular flexibility index (Phi) is 7.19. The predicted octanol–water partition coefficient (Wildman–Crippen LogP) is 4.85. The number of nitrogens with one attached hydrogen (secondary N) is 2. The number of aryl methyl sites for hydroxylation is 1. The van der Waals surface area contributed by atoms with E-state index in [0.717, 1.165) is 28.3 Å². The fourth-order valence-electron chi connectivity index (χ4n) is 3.80. The van der Waals surface area contributed by atoms with Gasteiger partial charge in [-0.1, -0.05) is 18.2 Å². The van der Waals surface area contributed by atoms with Crippen molar-refractivity contribution < 1.29 is 14.3 Å².